The first-order chi connectivity index (χ1) is 11.7. The quantitative estimate of drug-likeness (QED) is 0.825. The van der Waals surface area contributed by atoms with Crippen molar-refractivity contribution in [1.29, 1.82) is 0 Å². The molecule has 1 atom stereocenters. The van der Waals surface area contributed by atoms with Gasteiger partial charge in [0.2, 0.25) is 0 Å². The molecule has 1 amide bonds. The number of carbonyl (C=O) groups excluding carboxylic acids is 1. The van der Waals surface area contributed by atoms with Gasteiger partial charge in [0.1, 0.15) is 0 Å². The molecule has 1 saturated heterocycles. The number of piperidine rings is 1. The van der Waals surface area contributed by atoms with Gasteiger partial charge in [-0.15, -0.1) is 0 Å². The molecule has 1 unspecified atom stereocenters. The molecule has 0 N–H and O–H groups in total. The summed E-state index contributed by atoms with van der Waals surface area (Å²) in [5, 5.41) is 4.29. The second kappa shape index (κ2) is 7.44. The van der Waals surface area contributed by atoms with Gasteiger partial charge in [0.25, 0.3) is 11.5 Å². The minimum atomic E-state index is -0.128. The summed E-state index contributed by atoms with van der Waals surface area (Å²) in [6.07, 6.45) is 7.27. The first-order valence-electron chi connectivity index (χ1n) is 8.17. The highest BCUT2D eigenvalue weighted by atomic mass is 16.5. The van der Waals surface area contributed by atoms with Crippen LogP contribution in [0.4, 0.5) is 0 Å². The average molecular weight is 330 g/mol. The lowest BCUT2D eigenvalue weighted by Crippen LogP contribution is -2.41. The summed E-state index contributed by atoms with van der Waals surface area (Å²) in [7, 11) is 1.59. The highest BCUT2D eigenvalue weighted by Gasteiger charge is 2.26. The van der Waals surface area contributed by atoms with Crippen LogP contribution in [0, 0.1) is 0 Å². The Labute approximate surface area is 140 Å². The van der Waals surface area contributed by atoms with E-state index in [9.17, 15) is 9.59 Å². The molecule has 0 bridgehead atoms. The molecule has 2 aromatic heterocycles. The minimum absolute atomic E-state index is 0.0435. The molecule has 0 saturated carbocycles. The maximum Gasteiger partial charge on any atom is 0.255 e. The third-order valence-electron chi connectivity index (χ3n) is 4.35. The molecule has 3 rings (SSSR count). The van der Waals surface area contributed by atoms with Gasteiger partial charge in [-0.1, -0.05) is 0 Å². The molecule has 1 aliphatic rings. The molecule has 3 heterocycles. The van der Waals surface area contributed by atoms with Crippen molar-refractivity contribution in [2.24, 2.45) is 0 Å². The second-order valence-electron chi connectivity index (χ2n) is 5.98. The molecule has 0 radical (unpaired) electrons. The van der Waals surface area contributed by atoms with Crippen molar-refractivity contribution in [2.75, 3.05) is 26.8 Å². The normalized spacial score (nSPS) is 17.9. The lowest BCUT2D eigenvalue weighted by atomic mass is 10.0. The van der Waals surface area contributed by atoms with Crippen LogP contribution >= 0.6 is 0 Å². The lowest BCUT2D eigenvalue weighted by Gasteiger charge is -2.33. The van der Waals surface area contributed by atoms with Crippen molar-refractivity contribution in [2.45, 2.75) is 25.4 Å². The van der Waals surface area contributed by atoms with Gasteiger partial charge >= 0.3 is 0 Å². The smallest absolute Gasteiger partial charge is 0.255 e. The highest BCUT2D eigenvalue weighted by molar-refractivity contribution is 5.94. The van der Waals surface area contributed by atoms with Crippen molar-refractivity contribution in [3.63, 3.8) is 0 Å². The van der Waals surface area contributed by atoms with Gasteiger partial charge in [0.15, 0.2) is 0 Å². The Morgan fingerprint density at radius 3 is 3.04 bits per heavy atom. The molecule has 0 spiro atoms. The Kier molecular flexibility index (Phi) is 5.10. The standard InChI is InChI=1S/C17H22N4O3/c1-24-11-10-19-12-14(5-6-16(19)22)17(23)20-8-2-4-15(13-20)21-9-3-7-18-21/h3,5-7,9,12,15H,2,4,8,10-11,13H2,1H3. The Bertz CT molecular complexity index is 739. The largest absolute Gasteiger partial charge is 0.383 e. The zero-order valence-corrected chi connectivity index (χ0v) is 13.8. The summed E-state index contributed by atoms with van der Waals surface area (Å²) in [5.74, 6) is -0.0435. The summed E-state index contributed by atoms with van der Waals surface area (Å²) < 4.78 is 8.44. The van der Waals surface area contributed by atoms with E-state index in [-0.39, 0.29) is 17.5 Å². The number of aromatic nitrogens is 3. The van der Waals surface area contributed by atoms with Crippen LogP contribution < -0.4 is 5.56 Å². The summed E-state index contributed by atoms with van der Waals surface area (Å²) in [4.78, 5) is 26.5. The molecule has 1 aliphatic heterocycles. The van der Waals surface area contributed by atoms with Crippen LogP contribution in [0.25, 0.3) is 0 Å². The number of nitrogens with zero attached hydrogens (tertiary/aromatic N) is 4. The monoisotopic (exact) mass is 330 g/mol. The minimum Gasteiger partial charge on any atom is -0.383 e. The Hall–Kier alpha value is -2.41. The number of hydrogen-bond acceptors (Lipinski definition) is 4. The molecular formula is C17H22N4O3. The summed E-state index contributed by atoms with van der Waals surface area (Å²) in [6, 6.07) is 5.15. The van der Waals surface area contributed by atoms with Crippen molar-refractivity contribution in [3.05, 3.63) is 52.7 Å². The van der Waals surface area contributed by atoms with Crippen LogP contribution in [0.5, 0.6) is 0 Å². The number of methoxy groups -OCH3 is 1. The summed E-state index contributed by atoms with van der Waals surface area (Å²) >= 11 is 0. The lowest BCUT2D eigenvalue weighted by molar-refractivity contribution is 0.0671. The number of amides is 1. The van der Waals surface area contributed by atoms with Crippen molar-refractivity contribution in [1.82, 2.24) is 19.2 Å². The first-order valence-corrected chi connectivity index (χ1v) is 8.17. The van der Waals surface area contributed by atoms with Gasteiger partial charge in [-0.2, -0.15) is 5.10 Å². The first kappa shape index (κ1) is 16.4. The second-order valence-corrected chi connectivity index (χ2v) is 5.98. The fourth-order valence-electron chi connectivity index (χ4n) is 3.06. The van der Waals surface area contributed by atoms with Gasteiger partial charge in [-0.3, -0.25) is 14.3 Å². The van der Waals surface area contributed by atoms with E-state index >= 15 is 0 Å². The van der Waals surface area contributed by atoms with Crippen molar-refractivity contribution in [3.8, 4) is 0 Å². The molecule has 7 heteroatoms. The predicted molar refractivity (Wildman–Crippen MR) is 89.0 cm³/mol. The number of carbonyl (C=O) groups is 1. The number of rotatable bonds is 5. The maximum atomic E-state index is 12.8. The number of hydrogen-bond donors (Lipinski definition) is 0. The average Bonchev–Trinajstić information content (AvgIpc) is 3.15. The zero-order chi connectivity index (χ0) is 16.9. The van der Waals surface area contributed by atoms with Crippen LogP contribution in [-0.4, -0.2) is 52.0 Å². The maximum absolute atomic E-state index is 12.8. The van der Waals surface area contributed by atoms with E-state index in [0.717, 1.165) is 19.4 Å². The fourth-order valence-corrected chi connectivity index (χ4v) is 3.06. The molecule has 24 heavy (non-hydrogen) atoms. The molecule has 0 aromatic carbocycles. The third kappa shape index (κ3) is 3.56. The van der Waals surface area contributed by atoms with E-state index in [4.69, 9.17) is 4.74 Å². The van der Waals surface area contributed by atoms with Gasteiger partial charge in [-0.25, -0.2) is 0 Å². The SMILES string of the molecule is COCCn1cc(C(=O)N2CCCC(n3cccn3)C2)ccc1=O. The van der Waals surface area contributed by atoms with Crippen LogP contribution in [0.3, 0.4) is 0 Å². The summed E-state index contributed by atoms with van der Waals surface area (Å²) in [5.41, 5.74) is 0.406. The molecule has 1 fully saturated rings. The number of pyridine rings is 1. The van der Waals surface area contributed by atoms with E-state index in [1.54, 1.807) is 25.6 Å². The topological polar surface area (TPSA) is 69.4 Å². The van der Waals surface area contributed by atoms with Gasteiger partial charge in [-0.05, 0) is 25.0 Å². The van der Waals surface area contributed by atoms with Crippen molar-refractivity contribution >= 4 is 5.91 Å². The van der Waals surface area contributed by atoms with E-state index < -0.39 is 0 Å². The third-order valence-corrected chi connectivity index (χ3v) is 4.35. The predicted octanol–water partition coefficient (Wildman–Crippen LogP) is 1.17. The van der Waals surface area contributed by atoms with E-state index in [1.807, 2.05) is 21.8 Å². The molecular weight excluding hydrogens is 308 g/mol. The molecule has 0 aliphatic carbocycles. The molecule has 2 aromatic rings. The number of likely N-dealkylation sites (tertiary alicyclic amines) is 1. The van der Waals surface area contributed by atoms with Crippen LogP contribution in [0.1, 0.15) is 29.2 Å². The van der Waals surface area contributed by atoms with Crippen LogP contribution in [-0.2, 0) is 11.3 Å². The molecule has 128 valence electrons. The van der Waals surface area contributed by atoms with Gasteiger partial charge < -0.3 is 14.2 Å². The van der Waals surface area contributed by atoms with E-state index in [2.05, 4.69) is 5.10 Å². The van der Waals surface area contributed by atoms with Crippen LogP contribution in [0.2, 0.25) is 0 Å². The highest BCUT2D eigenvalue weighted by Crippen LogP contribution is 2.21. The number of ether oxygens (including phenoxy) is 1. The van der Waals surface area contributed by atoms with Crippen molar-refractivity contribution < 1.29 is 9.53 Å². The molecule has 7 nitrogen and oxygen atoms in total. The fraction of sp³-hybridized carbons (Fsp3) is 0.471. The Balaban J connectivity index is 1.74. The van der Waals surface area contributed by atoms with Crippen LogP contribution in [0.15, 0.2) is 41.6 Å². The van der Waals surface area contributed by atoms with Gasteiger partial charge in [0, 0.05) is 51.4 Å². The summed E-state index contributed by atoms with van der Waals surface area (Å²) in [6.45, 7) is 2.24. The Morgan fingerprint density at radius 1 is 1.42 bits per heavy atom. The Morgan fingerprint density at radius 2 is 2.29 bits per heavy atom. The van der Waals surface area contributed by atoms with E-state index in [1.165, 1.54) is 10.6 Å². The van der Waals surface area contributed by atoms with E-state index in [0.29, 0.717) is 25.3 Å². The zero-order valence-electron chi connectivity index (χ0n) is 13.8. The van der Waals surface area contributed by atoms with Gasteiger partial charge in [0.05, 0.1) is 18.2 Å².